The first-order valence-corrected chi connectivity index (χ1v) is 10.3. The fourth-order valence-electron chi connectivity index (χ4n) is 3.35. The normalized spacial score (nSPS) is 16.6. The topological polar surface area (TPSA) is 84.4 Å². The summed E-state index contributed by atoms with van der Waals surface area (Å²) in [7, 11) is -3.60. The van der Waals surface area contributed by atoms with E-state index in [2.05, 4.69) is 19.6 Å². The summed E-state index contributed by atoms with van der Waals surface area (Å²) in [6.45, 7) is 4.54. The molecular formula is C18H22N4O3S. The van der Waals surface area contributed by atoms with Crippen LogP contribution in [0.15, 0.2) is 29.2 Å². The summed E-state index contributed by atoms with van der Waals surface area (Å²) in [6.07, 6.45) is 3.02. The van der Waals surface area contributed by atoms with Crippen LogP contribution in [0.3, 0.4) is 0 Å². The standard InChI is InChI=1S/C18H22N4O3S/c1-13-10-15(21-18(20-13)22-7-2-3-8-22)12-19-26(23,24)16-4-5-17-14(11-16)6-9-25-17/h4-5,10-11,19H,2-3,6-9,12H2,1H3. The largest absolute Gasteiger partial charge is 0.493 e. The number of nitrogens with zero attached hydrogens (tertiary/aromatic N) is 3. The molecule has 2 aliphatic rings. The molecule has 7 nitrogen and oxygen atoms in total. The number of nitrogens with one attached hydrogen (secondary N) is 1. The monoisotopic (exact) mass is 374 g/mol. The van der Waals surface area contributed by atoms with E-state index in [0.717, 1.165) is 49.4 Å². The Hall–Kier alpha value is -2.19. The number of hydrogen-bond acceptors (Lipinski definition) is 6. The van der Waals surface area contributed by atoms with Crippen molar-refractivity contribution in [2.45, 2.75) is 37.6 Å². The Morgan fingerprint density at radius 2 is 2.00 bits per heavy atom. The van der Waals surface area contributed by atoms with Gasteiger partial charge in [0.25, 0.3) is 0 Å². The quantitative estimate of drug-likeness (QED) is 0.859. The highest BCUT2D eigenvalue weighted by atomic mass is 32.2. The van der Waals surface area contributed by atoms with Gasteiger partial charge in [-0.05, 0) is 49.6 Å². The molecule has 0 radical (unpaired) electrons. The molecule has 3 heterocycles. The summed E-state index contributed by atoms with van der Waals surface area (Å²) < 4.78 is 33.3. The van der Waals surface area contributed by atoms with Crippen LogP contribution in [0, 0.1) is 6.92 Å². The average molecular weight is 374 g/mol. The first-order valence-electron chi connectivity index (χ1n) is 8.86. The molecule has 26 heavy (non-hydrogen) atoms. The number of fused-ring (bicyclic) bond motifs is 1. The van der Waals surface area contributed by atoms with E-state index in [1.54, 1.807) is 18.2 Å². The number of sulfonamides is 1. The molecule has 0 bridgehead atoms. The molecule has 1 N–H and O–H groups in total. The van der Waals surface area contributed by atoms with Crippen LogP contribution < -0.4 is 14.4 Å². The Labute approximate surface area is 153 Å². The van der Waals surface area contributed by atoms with Gasteiger partial charge in [0.1, 0.15) is 5.75 Å². The lowest BCUT2D eigenvalue weighted by atomic mass is 10.2. The molecule has 1 fully saturated rings. The molecule has 1 aromatic carbocycles. The highest BCUT2D eigenvalue weighted by Gasteiger charge is 2.20. The lowest BCUT2D eigenvalue weighted by Gasteiger charge is -2.16. The second-order valence-electron chi connectivity index (χ2n) is 6.69. The highest BCUT2D eigenvalue weighted by Crippen LogP contribution is 2.27. The van der Waals surface area contributed by atoms with E-state index in [9.17, 15) is 8.42 Å². The summed E-state index contributed by atoms with van der Waals surface area (Å²) in [6, 6.07) is 6.80. The zero-order chi connectivity index (χ0) is 18.1. The lowest BCUT2D eigenvalue weighted by molar-refractivity contribution is 0.356. The Morgan fingerprint density at radius 1 is 1.19 bits per heavy atom. The van der Waals surface area contributed by atoms with E-state index >= 15 is 0 Å². The minimum absolute atomic E-state index is 0.139. The van der Waals surface area contributed by atoms with Crippen molar-refractivity contribution in [3.05, 3.63) is 41.2 Å². The van der Waals surface area contributed by atoms with Gasteiger partial charge in [-0.2, -0.15) is 0 Å². The smallest absolute Gasteiger partial charge is 0.240 e. The summed E-state index contributed by atoms with van der Waals surface area (Å²) in [5, 5.41) is 0. The molecule has 138 valence electrons. The SMILES string of the molecule is Cc1cc(CNS(=O)(=O)c2ccc3c(c2)CCO3)nc(N2CCCC2)n1. The predicted octanol–water partition coefficient (Wildman–Crippen LogP) is 1.80. The van der Waals surface area contributed by atoms with Crippen molar-refractivity contribution in [1.82, 2.24) is 14.7 Å². The van der Waals surface area contributed by atoms with Crippen LogP contribution in [0.1, 0.15) is 29.8 Å². The Morgan fingerprint density at radius 3 is 2.81 bits per heavy atom. The Balaban J connectivity index is 1.51. The highest BCUT2D eigenvalue weighted by molar-refractivity contribution is 7.89. The van der Waals surface area contributed by atoms with E-state index in [1.807, 2.05) is 13.0 Å². The van der Waals surface area contributed by atoms with Gasteiger partial charge in [0, 0.05) is 25.2 Å². The summed E-state index contributed by atoms with van der Waals surface area (Å²) >= 11 is 0. The minimum Gasteiger partial charge on any atom is -0.493 e. The number of rotatable bonds is 5. The third kappa shape index (κ3) is 3.52. The van der Waals surface area contributed by atoms with Crippen LogP contribution in [0.2, 0.25) is 0 Å². The van der Waals surface area contributed by atoms with Gasteiger partial charge in [-0.1, -0.05) is 0 Å². The van der Waals surface area contributed by atoms with Crippen molar-refractivity contribution < 1.29 is 13.2 Å². The van der Waals surface area contributed by atoms with Gasteiger partial charge in [-0.25, -0.2) is 23.1 Å². The third-order valence-electron chi connectivity index (χ3n) is 4.70. The minimum atomic E-state index is -3.60. The van der Waals surface area contributed by atoms with Crippen LogP contribution in [0.25, 0.3) is 0 Å². The van der Waals surface area contributed by atoms with Crippen molar-refractivity contribution in [3.63, 3.8) is 0 Å². The first-order chi connectivity index (χ1) is 12.5. The van der Waals surface area contributed by atoms with Crippen molar-refractivity contribution in [3.8, 4) is 5.75 Å². The second-order valence-corrected chi connectivity index (χ2v) is 8.45. The molecule has 0 unspecified atom stereocenters. The van der Waals surface area contributed by atoms with E-state index in [-0.39, 0.29) is 11.4 Å². The number of benzene rings is 1. The molecular weight excluding hydrogens is 352 g/mol. The molecule has 0 aliphatic carbocycles. The van der Waals surface area contributed by atoms with Crippen molar-refractivity contribution >= 4 is 16.0 Å². The molecule has 0 amide bonds. The second kappa shape index (κ2) is 6.85. The number of aromatic nitrogens is 2. The molecule has 8 heteroatoms. The average Bonchev–Trinajstić information content (AvgIpc) is 3.30. The molecule has 2 aromatic rings. The van der Waals surface area contributed by atoms with Gasteiger partial charge >= 0.3 is 0 Å². The Bertz CT molecular complexity index is 924. The number of hydrogen-bond donors (Lipinski definition) is 1. The van der Waals surface area contributed by atoms with Gasteiger partial charge in [0.05, 0.1) is 23.7 Å². The molecule has 1 aromatic heterocycles. The van der Waals surface area contributed by atoms with Gasteiger partial charge in [-0.15, -0.1) is 0 Å². The Kier molecular flexibility index (Phi) is 4.54. The van der Waals surface area contributed by atoms with Crippen molar-refractivity contribution in [2.75, 3.05) is 24.6 Å². The maximum absolute atomic E-state index is 12.6. The van der Waals surface area contributed by atoms with Crippen LogP contribution in [0.5, 0.6) is 5.75 Å². The summed E-state index contributed by atoms with van der Waals surface area (Å²) in [4.78, 5) is 11.4. The van der Waals surface area contributed by atoms with E-state index in [1.165, 1.54) is 0 Å². The lowest BCUT2D eigenvalue weighted by Crippen LogP contribution is -2.25. The van der Waals surface area contributed by atoms with Crippen LogP contribution >= 0.6 is 0 Å². The van der Waals surface area contributed by atoms with Gasteiger partial charge < -0.3 is 9.64 Å². The molecule has 2 aliphatic heterocycles. The zero-order valence-corrected chi connectivity index (χ0v) is 15.6. The van der Waals surface area contributed by atoms with Crippen molar-refractivity contribution in [1.29, 1.82) is 0 Å². The molecule has 0 atom stereocenters. The molecule has 0 saturated carbocycles. The van der Waals surface area contributed by atoms with Gasteiger partial charge in [-0.3, -0.25) is 0 Å². The van der Waals surface area contributed by atoms with Crippen molar-refractivity contribution in [2.24, 2.45) is 0 Å². The first kappa shape index (κ1) is 17.2. The fourth-order valence-corrected chi connectivity index (χ4v) is 4.40. The summed E-state index contributed by atoms with van der Waals surface area (Å²) in [5.74, 6) is 1.46. The zero-order valence-electron chi connectivity index (χ0n) is 14.7. The van der Waals surface area contributed by atoms with Gasteiger partial charge in [0.15, 0.2) is 0 Å². The number of ether oxygens (including phenoxy) is 1. The van der Waals surface area contributed by atoms with Crippen LogP contribution in [0.4, 0.5) is 5.95 Å². The van der Waals surface area contributed by atoms with Crippen LogP contribution in [-0.4, -0.2) is 38.1 Å². The number of aryl methyl sites for hydroxylation is 1. The summed E-state index contributed by atoms with van der Waals surface area (Å²) in [5.41, 5.74) is 2.44. The van der Waals surface area contributed by atoms with E-state index < -0.39 is 10.0 Å². The number of anilines is 1. The predicted molar refractivity (Wildman–Crippen MR) is 97.9 cm³/mol. The third-order valence-corrected chi connectivity index (χ3v) is 6.10. The van der Waals surface area contributed by atoms with Gasteiger partial charge in [0.2, 0.25) is 16.0 Å². The van der Waals surface area contributed by atoms with E-state index in [4.69, 9.17) is 4.74 Å². The molecule has 1 saturated heterocycles. The maximum Gasteiger partial charge on any atom is 0.240 e. The fraction of sp³-hybridized carbons (Fsp3) is 0.444. The molecule has 4 rings (SSSR count). The maximum atomic E-state index is 12.6. The van der Waals surface area contributed by atoms with Crippen LogP contribution in [-0.2, 0) is 23.0 Å². The van der Waals surface area contributed by atoms with E-state index in [0.29, 0.717) is 18.2 Å². The molecule has 0 spiro atoms.